The van der Waals surface area contributed by atoms with Crippen molar-refractivity contribution < 1.29 is 19.0 Å². The van der Waals surface area contributed by atoms with E-state index in [1.165, 1.54) is 0 Å². The molecule has 0 radical (unpaired) electrons. The van der Waals surface area contributed by atoms with Crippen molar-refractivity contribution in [3.05, 3.63) is 0 Å². The molecule has 0 aliphatic carbocycles. The molecule has 86 valence electrons. The van der Waals surface area contributed by atoms with Gasteiger partial charge in [-0.2, -0.15) is 0 Å². The standard InChI is InChI=1S/C11H18O4/c1-8(12)3-5-11(2)14-7-10-9(15-11)4-6-13-10/h9-10H,3-7H2,1-2H3. The van der Waals surface area contributed by atoms with Gasteiger partial charge in [0.25, 0.3) is 0 Å². The van der Waals surface area contributed by atoms with Gasteiger partial charge >= 0.3 is 0 Å². The minimum Gasteiger partial charge on any atom is -0.373 e. The minimum absolute atomic E-state index is 0.0930. The Morgan fingerprint density at radius 2 is 2.27 bits per heavy atom. The van der Waals surface area contributed by atoms with Crippen LogP contribution < -0.4 is 0 Å². The van der Waals surface area contributed by atoms with Crippen molar-refractivity contribution in [1.82, 2.24) is 0 Å². The van der Waals surface area contributed by atoms with E-state index < -0.39 is 5.79 Å². The van der Waals surface area contributed by atoms with Crippen molar-refractivity contribution in [3.8, 4) is 0 Å². The molecular weight excluding hydrogens is 196 g/mol. The van der Waals surface area contributed by atoms with E-state index in [9.17, 15) is 4.79 Å². The summed E-state index contributed by atoms with van der Waals surface area (Å²) in [5.41, 5.74) is 0. The van der Waals surface area contributed by atoms with Gasteiger partial charge in [-0.15, -0.1) is 0 Å². The second-order valence-electron chi connectivity index (χ2n) is 4.50. The highest BCUT2D eigenvalue weighted by Crippen LogP contribution is 2.32. The van der Waals surface area contributed by atoms with Crippen molar-refractivity contribution in [3.63, 3.8) is 0 Å². The highest BCUT2D eigenvalue weighted by atomic mass is 16.7. The normalized spacial score (nSPS) is 40.1. The average molecular weight is 214 g/mol. The third kappa shape index (κ3) is 2.56. The number of ether oxygens (including phenoxy) is 3. The van der Waals surface area contributed by atoms with Crippen molar-refractivity contribution in [2.24, 2.45) is 0 Å². The van der Waals surface area contributed by atoms with Gasteiger partial charge in [-0.3, -0.25) is 0 Å². The number of Topliss-reactive ketones (excluding diaryl/α,β-unsaturated/α-hetero) is 1. The summed E-state index contributed by atoms with van der Waals surface area (Å²) in [6, 6.07) is 0. The fraction of sp³-hybridized carbons (Fsp3) is 0.909. The summed E-state index contributed by atoms with van der Waals surface area (Å²) in [5.74, 6) is -0.422. The van der Waals surface area contributed by atoms with Crippen LogP contribution in [0.5, 0.6) is 0 Å². The highest BCUT2D eigenvalue weighted by Gasteiger charge is 2.42. The molecule has 3 atom stereocenters. The largest absolute Gasteiger partial charge is 0.373 e. The van der Waals surface area contributed by atoms with Crippen LogP contribution in [-0.2, 0) is 19.0 Å². The maximum absolute atomic E-state index is 10.9. The Labute approximate surface area is 89.9 Å². The van der Waals surface area contributed by atoms with Crippen LogP contribution in [0, 0.1) is 0 Å². The Balaban J connectivity index is 1.89. The Bertz CT molecular complexity index is 253. The summed E-state index contributed by atoms with van der Waals surface area (Å²) in [4.78, 5) is 10.9. The monoisotopic (exact) mass is 214 g/mol. The van der Waals surface area contributed by atoms with Gasteiger partial charge in [0, 0.05) is 19.4 Å². The van der Waals surface area contributed by atoms with Crippen LogP contribution in [0.2, 0.25) is 0 Å². The molecule has 0 aromatic carbocycles. The first kappa shape index (κ1) is 11.0. The summed E-state index contributed by atoms with van der Waals surface area (Å²) < 4.78 is 16.9. The van der Waals surface area contributed by atoms with Crippen LogP contribution in [0.1, 0.15) is 33.1 Å². The number of hydrogen-bond acceptors (Lipinski definition) is 4. The number of fused-ring (bicyclic) bond motifs is 1. The molecule has 4 heteroatoms. The molecule has 0 spiro atoms. The number of hydrogen-bond donors (Lipinski definition) is 0. The molecule has 0 bridgehead atoms. The molecule has 0 N–H and O–H groups in total. The van der Waals surface area contributed by atoms with Crippen molar-refractivity contribution in [2.75, 3.05) is 13.2 Å². The summed E-state index contributed by atoms with van der Waals surface area (Å²) in [7, 11) is 0. The van der Waals surface area contributed by atoms with Gasteiger partial charge in [0.15, 0.2) is 5.79 Å². The molecule has 2 aliphatic rings. The van der Waals surface area contributed by atoms with E-state index in [1.54, 1.807) is 6.92 Å². The summed E-state index contributed by atoms with van der Waals surface area (Å²) in [5, 5.41) is 0. The summed E-state index contributed by atoms with van der Waals surface area (Å²) in [6.07, 6.45) is 2.32. The Kier molecular flexibility index (Phi) is 3.09. The summed E-state index contributed by atoms with van der Waals surface area (Å²) >= 11 is 0. The first-order valence-electron chi connectivity index (χ1n) is 5.52. The predicted octanol–water partition coefficient (Wildman–Crippen LogP) is 1.28. The lowest BCUT2D eigenvalue weighted by molar-refractivity contribution is -0.304. The maximum atomic E-state index is 10.9. The van der Waals surface area contributed by atoms with Gasteiger partial charge in [-0.05, 0) is 20.3 Å². The Morgan fingerprint density at radius 3 is 3.00 bits per heavy atom. The highest BCUT2D eigenvalue weighted by molar-refractivity contribution is 5.75. The van der Waals surface area contributed by atoms with E-state index in [1.807, 2.05) is 6.92 Å². The molecule has 15 heavy (non-hydrogen) atoms. The van der Waals surface area contributed by atoms with E-state index in [-0.39, 0.29) is 18.0 Å². The zero-order valence-corrected chi connectivity index (χ0v) is 9.32. The zero-order valence-electron chi connectivity index (χ0n) is 9.32. The molecule has 2 heterocycles. The van der Waals surface area contributed by atoms with E-state index in [4.69, 9.17) is 14.2 Å². The van der Waals surface area contributed by atoms with E-state index in [2.05, 4.69) is 0 Å². The Morgan fingerprint density at radius 1 is 1.47 bits per heavy atom. The topological polar surface area (TPSA) is 44.8 Å². The fourth-order valence-corrected chi connectivity index (χ4v) is 2.07. The van der Waals surface area contributed by atoms with Crippen LogP contribution in [0.15, 0.2) is 0 Å². The molecule has 2 fully saturated rings. The molecule has 3 unspecified atom stereocenters. The number of ketones is 1. The Hall–Kier alpha value is -0.450. The molecule has 0 amide bonds. The second-order valence-corrected chi connectivity index (χ2v) is 4.50. The van der Waals surface area contributed by atoms with Crippen LogP contribution in [0.4, 0.5) is 0 Å². The third-order valence-corrected chi connectivity index (χ3v) is 3.03. The van der Waals surface area contributed by atoms with Gasteiger partial charge in [0.05, 0.1) is 12.7 Å². The van der Waals surface area contributed by atoms with Gasteiger partial charge in [-0.25, -0.2) is 0 Å². The minimum atomic E-state index is -0.597. The molecule has 2 saturated heterocycles. The number of carbonyl (C=O) groups is 1. The molecular formula is C11H18O4. The zero-order chi connectivity index (χ0) is 10.9. The van der Waals surface area contributed by atoms with Crippen LogP contribution in [-0.4, -0.2) is 37.0 Å². The number of carbonyl (C=O) groups excluding carboxylic acids is 1. The van der Waals surface area contributed by atoms with Gasteiger partial charge in [0.2, 0.25) is 0 Å². The quantitative estimate of drug-likeness (QED) is 0.709. The van der Waals surface area contributed by atoms with Crippen LogP contribution in [0.3, 0.4) is 0 Å². The van der Waals surface area contributed by atoms with E-state index in [0.29, 0.717) is 19.4 Å². The first-order chi connectivity index (χ1) is 7.09. The van der Waals surface area contributed by atoms with Crippen LogP contribution >= 0.6 is 0 Å². The SMILES string of the molecule is CC(=O)CCC1(C)OCC2OCCC2O1. The van der Waals surface area contributed by atoms with Gasteiger partial charge < -0.3 is 19.0 Å². The lowest BCUT2D eigenvalue weighted by Crippen LogP contribution is -2.48. The van der Waals surface area contributed by atoms with Gasteiger partial charge in [-0.1, -0.05) is 0 Å². The molecule has 2 rings (SSSR count). The second kappa shape index (κ2) is 4.20. The summed E-state index contributed by atoms with van der Waals surface area (Å²) in [6.45, 7) is 4.83. The van der Waals surface area contributed by atoms with Crippen molar-refractivity contribution >= 4 is 5.78 Å². The van der Waals surface area contributed by atoms with Crippen molar-refractivity contribution in [2.45, 2.75) is 51.1 Å². The van der Waals surface area contributed by atoms with E-state index >= 15 is 0 Å². The lowest BCUT2D eigenvalue weighted by Gasteiger charge is -2.39. The van der Waals surface area contributed by atoms with Gasteiger partial charge in [0.1, 0.15) is 11.9 Å². The number of rotatable bonds is 3. The van der Waals surface area contributed by atoms with Crippen molar-refractivity contribution in [1.29, 1.82) is 0 Å². The van der Waals surface area contributed by atoms with E-state index in [0.717, 1.165) is 13.0 Å². The molecule has 0 saturated carbocycles. The van der Waals surface area contributed by atoms with Crippen LogP contribution in [0.25, 0.3) is 0 Å². The third-order valence-electron chi connectivity index (χ3n) is 3.03. The molecule has 0 aromatic heterocycles. The smallest absolute Gasteiger partial charge is 0.166 e. The fourth-order valence-electron chi connectivity index (χ4n) is 2.07. The first-order valence-corrected chi connectivity index (χ1v) is 5.52. The molecule has 0 aromatic rings. The predicted molar refractivity (Wildman–Crippen MR) is 53.5 cm³/mol. The maximum Gasteiger partial charge on any atom is 0.166 e. The average Bonchev–Trinajstić information content (AvgIpc) is 2.62. The molecule has 2 aliphatic heterocycles. The molecule has 4 nitrogen and oxygen atoms in total. The lowest BCUT2D eigenvalue weighted by atomic mass is 10.1.